The number of carbonyl (C=O) groups is 1. The Morgan fingerprint density at radius 2 is 1.75 bits per heavy atom. The quantitative estimate of drug-likeness (QED) is 0.925. The van der Waals surface area contributed by atoms with Crippen molar-refractivity contribution in [2.75, 3.05) is 4.31 Å². The average Bonchev–Trinajstić information content (AvgIpc) is 2.95. The summed E-state index contributed by atoms with van der Waals surface area (Å²) in [4.78, 5) is 12.0. The Labute approximate surface area is 142 Å². The van der Waals surface area contributed by atoms with E-state index in [1.54, 1.807) is 36.4 Å². The van der Waals surface area contributed by atoms with Crippen LogP contribution in [0.15, 0.2) is 53.4 Å². The number of nitrogens with zero attached hydrogens (tertiary/aromatic N) is 1. The first-order valence-electron chi connectivity index (χ1n) is 7.84. The van der Waals surface area contributed by atoms with Crippen LogP contribution in [0.2, 0.25) is 0 Å². The largest absolute Gasteiger partial charge is 0.368 e. The number of hydrogen-bond donors (Lipinski definition) is 1. The zero-order valence-electron chi connectivity index (χ0n) is 13.6. The first kappa shape index (κ1) is 16.5. The van der Waals surface area contributed by atoms with E-state index in [4.69, 9.17) is 5.73 Å². The number of sulfonamides is 1. The first-order valence-corrected chi connectivity index (χ1v) is 9.28. The van der Waals surface area contributed by atoms with Crippen molar-refractivity contribution in [2.45, 2.75) is 37.1 Å². The first-order chi connectivity index (χ1) is 11.3. The Bertz CT molecular complexity index is 873. The summed E-state index contributed by atoms with van der Waals surface area (Å²) in [5.41, 5.74) is 7.85. The number of benzene rings is 2. The van der Waals surface area contributed by atoms with E-state index in [0.717, 1.165) is 15.4 Å². The van der Waals surface area contributed by atoms with Gasteiger partial charge in [0.2, 0.25) is 5.91 Å². The summed E-state index contributed by atoms with van der Waals surface area (Å²) >= 11 is 0. The van der Waals surface area contributed by atoms with Crippen LogP contribution in [-0.2, 0) is 21.2 Å². The van der Waals surface area contributed by atoms with Crippen LogP contribution in [0.25, 0.3) is 0 Å². The number of anilines is 1. The molecule has 5 nitrogen and oxygen atoms in total. The second kappa shape index (κ2) is 5.94. The molecule has 0 bridgehead atoms. The maximum Gasteiger partial charge on any atom is 0.265 e. The smallest absolute Gasteiger partial charge is 0.265 e. The van der Waals surface area contributed by atoms with Crippen molar-refractivity contribution in [3.05, 3.63) is 59.7 Å². The number of hydrogen-bond acceptors (Lipinski definition) is 3. The monoisotopic (exact) mass is 344 g/mol. The predicted molar refractivity (Wildman–Crippen MR) is 93.3 cm³/mol. The molecule has 0 radical (unpaired) electrons. The highest BCUT2D eigenvalue weighted by Crippen LogP contribution is 2.36. The van der Waals surface area contributed by atoms with E-state index < -0.39 is 22.0 Å². The molecule has 24 heavy (non-hydrogen) atoms. The lowest BCUT2D eigenvalue weighted by molar-refractivity contribution is -0.118. The van der Waals surface area contributed by atoms with Gasteiger partial charge in [-0.2, -0.15) is 0 Å². The highest BCUT2D eigenvalue weighted by atomic mass is 32.2. The van der Waals surface area contributed by atoms with Crippen LogP contribution in [-0.4, -0.2) is 20.4 Å². The molecule has 1 heterocycles. The van der Waals surface area contributed by atoms with Gasteiger partial charge in [-0.3, -0.25) is 9.10 Å². The molecule has 0 spiro atoms. The van der Waals surface area contributed by atoms with E-state index in [1.165, 1.54) is 0 Å². The molecule has 0 saturated carbocycles. The molecule has 1 amide bonds. The van der Waals surface area contributed by atoms with Gasteiger partial charge in [0.05, 0.1) is 10.6 Å². The van der Waals surface area contributed by atoms with Crippen LogP contribution in [0, 0.1) is 0 Å². The fraction of sp³-hybridized carbons (Fsp3) is 0.278. The van der Waals surface area contributed by atoms with Gasteiger partial charge in [-0.05, 0) is 35.2 Å². The van der Waals surface area contributed by atoms with E-state index in [1.807, 2.05) is 26.0 Å². The van der Waals surface area contributed by atoms with Crippen molar-refractivity contribution < 1.29 is 13.2 Å². The molecule has 0 saturated heterocycles. The Kier molecular flexibility index (Phi) is 4.09. The topological polar surface area (TPSA) is 80.5 Å². The van der Waals surface area contributed by atoms with E-state index >= 15 is 0 Å². The predicted octanol–water partition coefficient (Wildman–Crippen LogP) is 2.42. The lowest BCUT2D eigenvalue weighted by atomic mass is 10.0. The van der Waals surface area contributed by atoms with Gasteiger partial charge in [0.15, 0.2) is 0 Å². The summed E-state index contributed by atoms with van der Waals surface area (Å²) < 4.78 is 27.4. The summed E-state index contributed by atoms with van der Waals surface area (Å²) in [5.74, 6) is -0.332. The summed E-state index contributed by atoms with van der Waals surface area (Å²) in [6, 6.07) is 13.0. The van der Waals surface area contributed by atoms with Crippen molar-refractivity contribution in [2.24, 2.45) is 5.73 Å². The zero-order chi connectivity index (χ0) is 17.5. The van der Waals surface area contributed by atoms with Crippen LogP contribution in [0.3, 0.4) is 0 Å². The van der Waals surface area contributed by atoms with Gasteiger partial charge in [-0.1, -0.05) is 44.2 Å². The van der Waals surface area contributed by atoms with Gasteiger partial charge in [-0.25, -0.2) is 8.42 Å². The third kappa shape index (κ3) is 2.67. The van der Waals surface area contributed by atoms with Crippen molar-refractivity contribution in [3.8, 4) is 0 Å². The average molecular weight is 344 g/mol. The van der Waals surface area contributed by atoms with Gasteiger partial charge in [0.1, 0.15) is 6.04 Å². The number of primary amides is 1. The number of amides is 1. The molecular weight excluding hydrogens is 324 g/mol. The highest BCUT2D eigenvalue weighted by molar-refractivity contribution is 7.93. The van der Waals surface area contributed by atoms with Crippen LogP contribution < -0.4 is 10.0 Å². The Hall–Kier alpha value is -2.34. The minimum atomic E-state index is -3.86. The number of fused-ring (bicyclic) bond motifs is 1. The molecule has 1 atom stereocenters. The second-order valence-corrected chi connectivity index (χ2v) is 8.09. The maximum atomic E-state index is 13.1. The van der Waals surface area contributed by atoms with Crippen LogP contribution >= 0.6 is 0 Å². The third-order valence-electron chi connectivity index (χ3n) is 4.36. The van der Waals surface area contributed by atoms with Gasteiger partial charge in [0.25, 0.3) is 10.0 Å². The summed E-state index contributed by atoms with van der Waals surface area (Å²) in [6.45, 7) is 4.09. The molecule has 0 aliphatic carbocycles. The van der Waals surface area contributed by atoms with Crippen molar-refractivity contribution in [1.29, 1.82) is 0 Å². The Morgan fingerprint density at radius 3 is 2.33 bits per heavy atom. The minimum absolute atomic E-state index is 0.162. The Morgan fingerprint density at radius 1 is 1.12 bits per heavy atom. The molecule has 126 valence electrons. The lowest BCUT2D eigenvalue weighted by Gasteiger charge is -2.25. The number of nitrogens with two attached hydrogens (primary N) is 1. The molecule has 1 aliphatic rings. The number of carbonyl (C=O) groups excluding carboxylic acids is 1. The normalized spacial score (nSPS) is 17.1. The molecule has 2 aromatic rings. The molecule has 2 N–H and O–H groups in total. The van der Waals surface area contributed by atoms with E-state index in [9.17, 15) is 13.2 Å². The standard InChI is InChI=1S/C18H20N2O3S/c1-12(2)13-7-9-15(10-8-13)24(22,23)20-16-6-4-3-5-14(16)11-17(20)18(19)21/h3-10,12,17H,11H2,1-2H3,(H2,19,21)/t17-/m0/s1. The molecule has 3 rings (SSSR count). The van der Waals surface area contributed by atoms with Crippen molar-refractivity contribution in [1.82, 2.24) is 0 Å². The van der Waals surface area contributed by atoms with E-state index in [0.29, 0.717) is 18.0 Å². The SMILES string of the molecule is CC(C)c1ccc(S(=O)(=O)N2c3ccccc3C[C@H]2C(N)=O)cc1. The van der Waals surface area contributed by atoms with Gasteiger partial charge in [0, 0.05) is 6.42 Å². The zero-order valence-corrected chi connectivity index (χ0v) is 14.5. The summed E-state index contributed by atoms with van der Waals surface area (Å²) in [7, 11) is -3.86. The second-order valence-electron chi connectivity index (χ2n) is 6.28. The van der Waals surface area contributed by atoms with Crippen molar-refractivity contribution in [3.63, 3.8) is 0 Å². The minimum Gasteiger partial charge on any atom is -0.368 e. The molecule has 0 fully saturated rings. The summed E-state index contributed by atoms with van der Waals surface area (Å²) in [6.07, 6.45) is 0.300. The number of rotatable bonds is 4. The van der Waals surface area contributed by atoms with Crippen LogP contribution in [0.5, 0.6) is 0 Å². The molecule has 6 heteroatoms. The van der Waals surface area contributed by atoms with Gasteiger partial charge >= 0.3 is 0 Å². The van der Waals surface area contributed by atoms with Crippen molar-refractivity contribution >= 4 is 21.6 Å². The Balaban J connectivity index is 2.08. The van der Waals surface area contributed by atoms with Gasteiger partial charge in [-0.15, -0.1) is 0 Å². The molecule has 0 aromatic heterocycles. The van der Waals surface area contributed by atoms with E-state index in [-0.39, 0.29) is 4.90 Å². The van der Waals surface area contributed by atoms with Crippen LogP contribution in [0.1, 0.15) is 30.9 Å². The van der Waals surface area contributed by atoms with Crippen LogP contribution in [0.4, 0.5) is 5.69 Å². The third-order valence-corrected chi connectivity index (χ3v) is 6.19. The molecule has 1 aliphatic heterocycles. The molecule has 0 unspecified atom stereocenters. The molecular formula is C18H20N2O3S. The fourth-order valence-electron chi connectivity index (χ4n) is 3.01. The van der Waals surface area contributed by atoms with Gasteiger partial charge < -0.3 is 5.73 Å². The number of para-hydroxylation sites is 1. The molecule has 2 aromatic carbocycles. The highest BCUT2D eigenvalue weighted by Gasteiger charge is 2.41. The maximum absolute atomic E-state index is 13.1. The summed E-state index contributed by atoms with van der Waals surface area (Å²) in [5, 5.41) is 0. The fourth-order valence-corrected chi connectivity index (χ4v) is 4.67. The lowest BCUT2D eigenvalue weighted by Crippen LogP contribution is -2.45. The van der Waals surface area contributed by atoms with E-state index in [2.05, 4.69) is 0 Å².